The molecule has 0 saturated carbocycles. The average molecular weight is 375 g/mol. The van der Waals surface area contributed by atoms with Crippen LogP contribution in [-0.4, -0.2) is 28.0 Å². The molecule has 0 heterocycles. The zero-order valence-corrected chi connectivity index (χ0v) is 15.4. The molecule has 4 nitrogen and oxygen atoms in total. The minimum atomic E-state index is -0.807. The smallest absolute Gasteiger partial charge is 0.119 e. The fourth-order valence-electron chi connectivity index (χ4n) is 2.43. The zero-order chi connectivity index (χ0) is 18.9. The molecule has 0 spiro atoms. The van der Waals surface area contributed by atoms with Gasteiger partial charge in [-0.15, -0.1) is 5.73 Å². The number of hydrogen-bond acceptors (Lipinski definition) is 4. The van der Waals surface area contributed by atoms with E-state index in [0.29, 0.717) is 30.0 Å². The Morgan fingerprint density at radius 1 is 1.19 bits per heavy atom. The van der Waals surface area contributed by atoms with Gasteiger partial charge >= 0.3 is 0 Å². The Bertz CT molecular complexity index is 765. The van der Waals surface area contributed by atoms with Gasteiger partial charge in [0.1, 0.15) is 18.1 Å². The van der Waals surface area contributed by atoms with Crippen LogP contribution in [0.1, 0.15) is 31.4 Å². The van der Waals surface area contributed by atoms with Crippen molar-refractivity contribution in [1.29, 1.82) is 0 Å². The van der Waals surface area contributed by atoms with Gasteiger partial charge in [0.25, 0.3) is 0 Å². The van der Waals surface area contributed by atoms with Crippen molar-refractivity contribution in [3.05, 3.63) is 76.5 Å². The van der Waals surface area contributed by atoms with Crippen LogP contribution in [0.2, 0.25) is 5.02 Å². The molecule has 0 fully saturated rings. The Hall–Kier alpha value is -2.23. The predicted molar refractivity (Wildman–Crippen MR) is 103 cm³/mol. The number of aliphatic hydroxyl groups is 2. The van der Waals surface area contributed by atoms with Crippen molar-refractivity contribution in [1.82, 2.24) is 0 Å². The molecule has 0 saturated heterocycles. The van der Waals surface area contributed by atoms with Crippen LogP contribution >= 0.6 is 11.6 Å². The molecule has 5 heteroatoms. The SMILES string of the molecule is C[C@H](O)CC(=C=CC[C@@H](O)c1ccc(O)cc1Cl)COc1ccccc1. The van der Waals surface area contributed by atoms with Gasteiger partial charge < -0.3 is 20.1 Å². The summed E-state index contributed by atoms with van der Waals surface area (Å²) in [5.74, 6) is 0.798. The third kappa shape index (κ3) is 6.58. The number of aliphatic hydroxyl groups excluding tert-OH is 2. The van der Waals surface area contributed by atoms with E-state index in [-0.39, 0.29) is 5.75 Å². The van der Waals surface area contributed by atoms with Crippen molar-refractivity contribution in [2.75, 3.05) is 6.61 Å². The fraction of sp³-hybridized carbons (Fsp3) is 0.286. The molecule has 2 aromatic carbocycles. The molecule has 2 atom stereocenters. The van der Waals surface area contributed by atoms with Crippen LogP contribution in [0.25, 0.3) is 0 Å². The van der Waals surface area contributed by atoms with E-state index in [1.54, 1.807) is 19.1 Å². The largest absolute Gasteiger partial charge is 0.508 e. The first-order chi connectivity index (χ1) is 12.5. The molecule has 0 bridgehead atoms. The maximum atomic E-state index is 10.3. The first kappa shape index (κ1) is 20.1. The third-order valence-corrected chi connectivity index (χ3v) is 4.02. The minimum absolute atomic E-state index is 0.0543. The Morgan fingerprint density at radius 2 is 1.92 bits per heavy atom. The van der Waals surface area contributed by atoms with Crippen LogP contribution in [0.4, 0.5) is 0 Å². The van der Waals surface area contributed by atoms with Crippen molar-refractivity contribution in [2.45, 2.75) is 32.0 Å². The van der Waals surface area contributed by atoms with E-state index in [1.165, 1.54) is 12.1 Å². The van der Waals surface area contributed by atoms with E-state index in [2.05, 4.69) is 5.73 Å². The molecule has 2 aromatic rings. The number of phenols is 1. The number of aromatic hydroxyl groups is 1. The summed E-state index contributed by atoms with van der Waals surface area (Å²) in [5, 5.41) is 29.6. The number of ether oxygens (including phenoxy) is 1. The quantitative estimate of drug-likeness (QED) is 0.599. The number of rotatable bonds is 8. The topological polar surface area (TPSA) is 69.9 Å². The van der Waals surface area contributed by atoms with Crippen LogP contribution in [-0.2, 0) is 0 Å². The van der Waals surface area contributed by atoms with Crippen molar-refractivity contribution >= 4 is 11.6 Å². The second kappa shape index (κ2) is 10.0. The van der Waals surface area contributed by atoms with Crippen molar-refractivity contribution < 1.29 is 20.1 Å². The maximum Gasteiger partial charge on any atom is 0.119 e. The highest BCUT2D eigenvalue weighted by molar-refractivity contribution is 6.31. The standard InChI is InChI=1S/C21H23ClO4/c1-15(23)12-16(14-26-18-7-3-2-4-8-18)6-5-9-21(25)19-11-10-17(24)13-20(19)22/h2-5,7-8,10-11,13,15,21,23-25H,9,12,14H2,1H3/t6?,15-,21+/m0/s1. The molecule has 2 rings (SSSR count). The summed E-state index contributed by atoms with van der Waals surface area (Å²) in [6.07, 6.45) is 1.12. The van der Waals surface area contributed by atoms with Gasteiger partial charge in [-0.1, -0.05) is 35.9 Å². The monoisotopic (exact) mass is 374 g/mol. The number of phenolic OH excluding ortho intramolecular Hbond substituents is 1. The summed E-state index contributed by atoms with van der Waals surface area (Å²) in [7, 11) is 0. The second-order valence-corrected chi connectivity index (χ2v) is 6.47. The van der Waals surface area contributed by atoms with Gasteiger partial charge in [-0.05, 0) is 42.8 Å². The van der Waals surface area contributed by atoms with Gasteiger partial charge in [-0.25, -0.2) is 0 Å². The van der Waals surface area contributed by atoms with E-state index in [4.69, 9.17) is 16.3 Å². The lowest BCUT2D eigenvalue weighted by atomic mass is 10.1. The molecule has 0 aliphatic heterocycles. The third-order valence-electron chi connectivity index (χ3n) is 3.69. The molecule has 138 valence electrons. The highest BCUT2D eigenvalue weighted by Gasteiger charge is 2.10. The van der Waals surface area contributed by atoms with E-state index >= 15 is 0 Å². The van der Waals surface area contributed by atoms with Gasteiger partial charge in [-0.2, -0.15) is 0 Å². The van der Waals surface area contributed by atoms with E-state index in [9.17, 15) is 15.3 Å². The Labute approximate surface area is 158 Å². The minimum Gasteiger partial charge on any atom is -0.508 e. The van der Waals surface area contributed by atoms with E-state index in [0.717, 1.165) is 11.3 Å². The zero-order valence-electron chi connectivity index (χ0n) is 14.6. The highest BCUT2D eigenvalue weighted by Crippen LogP contribution is 2.28. The predicted octanol–water partition coefficient (Wildman–Crippen LogP) is 4.40. The van der Waals surface area contributed by atoms with Crippen molar-refractivity contribution in [3.8, 4) is 11.5 Å². The summed E-state index contributed by atoms with van der Waals surface area (Å²) in [5.41, 5.74) is 4.45. The first-order valence-corrected chi connectivity index (χ1v) is 8.79. The summed E-state index contributed by atoms with van der Waals surface area (Å²) < 4.78 is 5.70. The number of para-hydroxylation sites is 1. The second-order valence-electron chi connectivity index (χ2n) is 6.06. The van der Waals surface area contributed by atoms with E-state index in [1.807, 2.05) is 30.3 Å². The van der Waals surface area contributed by atoms with Crippen LogP contribution in [0, 0.1) is 0 Å². The van der Waals surface area contributed by atoms with Gasteiger partial charge in [0.05, 0.1) is 17.2 Å². The Balaban J connectivity index is 2.04. The summed E-state index contributed by atoms with van der Waals surface area (Å²) >= 11 is 6.04. The number of benzene rings is 2. The average Bonchev–Trinajstić information content (AvgIpc) is 2.60. The molecule has 3 N–H and O–H groups in total. The molecule has 0 radical (unpaired) electrons. The Kier molecular flexibility index (Phi) is 7.76. The lowest BCUT2D eigenvalue weighted by molar-refractivity contribution is 0.181. The van der Waals surface area contributed by atoms with Crippen molar-refractivity contribution in [3.63, 3.8) is 0 Å². The molecular formula is C21H23ClO4. The van der Waals surface area contributed by atoms with Gasteiger partial charge in [0, 0.05) is 18.4 Å². The summed E-state index contributed by atoms with van der Waals surface area (Å²) in [6, 6.07) is 13.9. The van der Waals surface area contributed by atoms with Gasteiger partial charge in [0.2, 0.25) is 0 Å². The number of halogens is 1. The van der Waals surface area contributed by atoms with Crippen LogP contribution in [0.15, 0.2) is 65.9 Å². The molecule has 0 aliphatic rings. The molecule has 0 unspecified atom stereocenters. The first-order valence-electron chi connectivity index (χ1n) is 8.41. The fourth-order valence-corrected chi connectivity index (χ4v) is 2.73. The summed E-state index contributed by atoms with van der Waals surface area (Å²) in [4.78, 5) is 0. The molecule has 0 aliphatic carbocycles. The maximum absolute atomic E-state index is 10.3. The molecule has 0 aromatic heterocycles. The van der Waals surface area contributed by atoms with Crippen molar-refractivity contribution in [2.24, 2.45) is 0 Å². The van der Waals surface area contributed by atoms with E-state index < -0.39 is 12.2 Å². The normalized spacial score (nSPS) is 12.8. The molecule has 0 amide bonds. The lowest BCUT2D eigenvalue weighted by Gasteiger charge is -2.11. The number of hydrogen-bond donors (Lipinski definition) is 3. The van der Waals surface area contributed by atoms with Crippen LogP contribution in [0.5, 0.6) is 11.5 Å². The van der Waals surface area contributed by atoms with Crippen LogP contribution < -0.4 is 4.74 Å². The Morgan fingerprint density at radius 3 is 2.58 bits per heavy atom. The van der Waals surface area contributed by atoms with Gasteiger partial charge in [0.15, 0.2) is 0 Å². The lowest BCUT2D eigenvalue weighted by Crippen LogP contribution is -2.07. The molecule has 26 heavy (non-hydrogen) atoms. The highest BCUT2D eigenvalue weighted by atomic mass is 35.5. The molecular weight excluding hydrogens is 352 g/mol. The van der Waals surface area contributed by atoms with Gasteiger partial charge in [-0.3, -0.25) is 0 Å². The summed E-state index contributed by atoms with van der Waals surface area (Å²) in [6.45, 7) is 2.01. The van der Waals surface area contributed by atoms with Crippen LogP contribution in [0.3, 0.4) is 0 Å².